The van der Waals surface area contributed by atoms with Gasteiger partial charge in [0, 0.05) is 39.4 Å². The molecule has 0 amide bonds. The van der Waals surface area contributed by atoms with Gasteiger partial charge in [-0.1, -0.05) is 12.1 Å². The molecule has 3 aromatic rings. The second kappa shape index (κ2) is 7.49. The highest BCUT2D eigenvalue weighted by Crippen LogP contribution is 2.28. The molecule has 160 valence electrons. The fraction of sp³-hybridized carbons (Fsp3) is 0.353. The molecule has 1 N–H and O–H groups in total. The van der Waals surface area contributed by atoms with Crippen molar-refractivity contribution in [1.29, 1.82) is 0 Å². The SMILES string of the molecule is Cn1cc(S(=O)(=O)Nc2nc3ccccc3nc2N2CCN(S(C)(=O)=O)CC2)cn1. The first-order valence-electron chi connectivity index (χ1n) is 9.12. The highest BCUT2D eigenvalue weighted by molar-refractivity contribution is 7.92. The number of hydrogen-bond acceptors (Lipinski definition) is 8. The van der Waals surface area contributed by atoms with E-state index in [2.05, 4.69) is 19.8 Å². The summed E-state index contributed by atoms with van der Waals surface area (Å²) in [5, 5.41) is 3.91. The minimum Gasteiger partial charge on any atom is -0.351 e. The first kappa shape index (κ1) is 20.5. The van der Waals surface area contributed by atoms with E-state index in [0.717, 1.165) is 0 Å². The standard InChI is InChI=1S/C17H21N7O4S2/c1-22-12-13(11-18-22)30(27,28)21-16-17(20-15-6-4-3-5-14(15)19-16)23-7-9-24(10-8-23)29(2,25)26/h3-6,11-12H,7-10H2,1-2H3,(H,19,21). The summed E-state index contributed by atoms with van der Waals surface area (Å²) >= 11 is 0. The number of hydrogen-bond donors (Lipinski definition) is 1. The van der Waals surface area contributed by atoms with Crippen LogP contribution in [0.15, 0.2) is 41.6 Å². The zero-order chi connectivity index (χ0) is 21.5. The Labute approximate surface area is 174 Å². The van der Waals surface area contributed by atoms with Crippen molar-refractivity contribution in [2.45, 2.75) is 4.90 Å². The number of para-hydroxylation sites is 2. The molecule has 1 aliphatic heterocycles. The van der Waals surface area contributed by atoms with E-state index in [1.807, 2.05) is 11.0 Å². The Bertz CT molecular complexity index is 1300. The summed E-state index contributed by atoms with van der Waals surface area (Å²) in [7, 11) is -5.59. The molecule has 0 bridgehead atoms. The second-order valence-corrected chi connectivity index (χ2v) is 10.7. The van der Waals surface area contributed by atoms with E-state index >= 15 is 0 Å². The predicted octanol–water partition coefficient (Wildman–Crippen LogP) is 0.246. The number of benzene rings is 1. The molecule has 1 saturated heterocycles. The van der Waals surface area contributed by atoms with Gasteiger partial charge in [0.05, 0.1) is 23.5 Å². The topological polar surface area (TPSA) is 130 Å². The van der Waals surface area contributed by atoms with Gasteiger partial charge in [-0.05, 0) is 12.1 Å². The van der Waals surface area contributed by atoms with Crippen LogP contribution in [0, 0.1) is 0 Å². The fourth-order valence-electron chi connectivity index (χ4n) is 3.23. The zero-order valence-electron chi connectivity index (χ0n) is 16.4. The summed E-state index contributed by atoms with van der Waals surface area (Å²) in [4.78, 5) is 10.9. The molecule has 1 aromatic carbocycles. The highest BCUT2D eigenvalue weighted by atomic mass is 32.2. The van der Waals surface area contributed by atoms with Gasteiger partial charge in [-0.25, -0.2) is 26.8 Å². The molecule has 0 radical (unpaired) electrons. The molecular weight excluding hydrogens is 430 g/mol. The van der Waals surface area contributed by atoms with Crippen LogP contribution < -0.4 is 9.62 Å². The number of aryl methyl sites for hydroxylation is 1. The number of rotatable bonds is 5. The zero-order valence-corrected chi connectivity index (χ0v) is 18.1. The Balaban J connectivity index is 1.72. The normalized spacial score (nSPS) is 16.1. The highest BCUT2D eigenvalue weighted by Gasteiger charge is 2.28. The van der Waals surface area contributed by atoms with Crippen LogP contribution in [0.1, 0.15) is 0 Å². The van der Waals surface area contributed by atoms with Crippen molar-refractivity contribution in [2.24, 2.45) is 7.05 Å². The van der Waals surface area contributed by atoms with Crippen molar-refractivity contribution in [3.8, 4) is 0 Å². The molecule has 0 spiro atoms. The van der Waals surface area contributed by atoms with Gasteiger partial charge in [0.25, 0.3) is 10.0 Å². The van der Waals surface area contributed by atoms with Gasteiger partial charge in [0.15, 0.2) is 11.6 Å². The molecule has 1 fully saturated rings. The number of piperazine rings is 1. The summed E-state index contributed by atoms with van der Waals surface area (Å²) in [6, 6.07) is 7.15. The van der Waals surface area contributed by atoms with Gasteiger partial charge < -0.3 is 4.90 Å². The first-order valence-corrected chi connectivity index (χ1v) is 12.4. The van der Waals surface area contributed by atoms with Gasteiger partial charge >= 0.3 is 0 Å². The van der Waals surface area contributed by atoms with E-state index < -0.39 is 20.0 Å². The lowest BCUT2D eigenvalue weighted by atomic mass is 10.3. The molecule has 2 aromatic heterocycles. The number of nitrogens with one attached hydrogen (secondary N) is 1. The molecule has 4 rings (SSSR count). The van der Waals surface area contributed by atoms with Crippen LogP contribution in [-0.4, -0.2) is 73.3 Å². The monoisotopic (exact) mass is 451 g/mol. The maximum atomic E-state index is 12.8. The van der Waals surface area contributed by atoms with E-state index in [4.69, 9.17) is 0 Å². The number of aromatic nitrogens is 4. The summed E-state index contributed by atoms with van der Waals surface area (Å²) in [6.45, 7) is 1.29. The van der Waals surface area contributed by atoms with Gasteiger partial charge in [-0.2, -0.15) is 9.40 Å². The Kier molecular flexibility index (Phi) is 5.11. The van der Waals surface area contributed by atoms with Gasteiger partial charge in [-0.15, -0.1) is 0 Å². The van der Waals surface area contributed by atoms with E-state index in [0.29, 0.717) is 29.9 Å². The Morgan fingerprint density at radius 1 is 0.967 bits per heavy atom. The lowest BCUT2D eigenvalue weighted by Crippen LogP contribution is -2.48. The van der Waals surface area contributed by atoms with Gasteiger partial charge in [-0.3, -0.25) is 9.40 Å². The quantitative estimate of drug-likeness (QED) is 0.584. The van der Waals surface area contributed by atoms with E-state index in [9.17, 15) is 16.8 Å². The van der Waals surface area contributed by atoms with Crippen molar-refractivity contribution >= 4 is 42.7 Å². The molecule has 3 heterocycles. The van der Waals surface area contributed by atoms with Crippen LogP contribution in [0.5, 0.6) is 0 Å². The third kappa shape index (κ3) is 4.08. The van der Waals surface area contributed by atoms with Crippen molar-refractivity contribution in [3.63, 3.8) is 0 Å². The number of sulfonamides is 2. The Morgan fingerprint density at radius 2 is 1.60 bits per heavy atom. The minimum atomic E-state index is -3.93. The van der Waals surface area contributed by atoms with E-state index in [-0.39, 0.29) is 23.8 Å². The minimum absolute atomic E-state index is 0.00723. The fourth-order valence-corrected chi connectivity index (χ4v) is 5.05. The molecule has 11 nitrogen and oxygen atoms in total. The predicted molar refractivity (Wildman–Crippen MR) is 112 cm³/mol. The molecule has 0 unspecified atom stereocenters. The molecule has 30 heavy (non-hydrogen) atoms. The van der Waals surface area contributed by atoms with Crippen molar-refractivity contribution in [2.75, 3.05) is 42.1 Å². The van der Waals surface area contributed by atoms with Crippen LogP contribution in [0.4, 0.5) is 11.6 Å². The van der Waals surface area contributed by atoms with E-state index in [1.165, 1.54) is 27.6 Å². The van der Waals surface area contributed by atoms with E-state index in [1.54, 1.807) is 25.2 Å². The summed E-state index contributed by atoms with van der Waals surface area (Å²) in [5.74, 6) is 0.444. The molecular formula is C17H21N7O4S2. The lowest BCUT2D eigenvalue weighted by Gasteiger charge is -2.34. The van der Waals surface area contributed by atoms with Crippen molar-refractivity contribution in [1.82, 2.24) is 24.1 Å². The van der Waals surface area contributed by atoms with Crippen LogP contribution in [-0.2, 0) is 27.1 Å². The average Bonchev–Trinajstić information content (AvgIpc) is 3.14. The Morgan fingerprint density at radius 3 is 2.17 bits per heavy atom. The van der Waals surface area contributed by atoms with Crippen molar-refractivity contribution < 1.29 is 16.8 Å². The smallest absolute Gasteiger partial charge is 0.266 e. The summed E-state index contributed by atoms with van der Waals surface area (Å²) in [5.41, 5.74) is 1.15. The maximum absolute atomic E-state index is 12.8. The third-order valence-electron chi connectivity index (χ3n) is 4.78. The van der Waals surface area contributed by atoms with Crippen LogP contribution in [0.25, 0.3) is 11.0 Å². The van der Waals surface area contributed by atoms with Gasteiger partial charge in [0.1, 0.15) is 4.90 Å². The number of anilines is 2. The lowest BCUT2D eigenvalue weighted by molar-refractivity contribution is 0.387. The molecule has 0 atom stereocenters. The van der Waals surface area contributed by atoms with Gasteiger partial charge in [0.2, 0.25) is 10.0 Å². The summed E-state index contributed by atoms with van der Waals surface area (Å²) in [6.07, 6.45) is 3.81. The largest absolute Gasteiger partial charge is 0.351 e. The van der Waals surface area contributed by atoms with Crippen molar-refractivity contribution in [3.05, 3.63) is 36.7 Å². The maximum Gasteiger partial charge on any atom is 0.266 e. The molecule has 1 aliphatic rings. The number of nitrogens with zero attached hydrogens (tertiary/aromatic N) is 6. The van der Waals surface area contributed by atoms with Crippen LogP contribution in [0.3, 0.4) is 0 Å². The number of fused-ring (bicyclic) bond motifs is 1. The first-order chi connectivity index (χ1) is 14.1. The average molecular weight is 452 g/mol. The molecule has 0 aliphatic carbocycles. The second-order valence-electron chi connectivity index (χ2n) is 6.99. The third-order valence-corrected chi connectivity index (χ3v) is 7.38. The van der Waals surface area contributed by atoms with Crippen LogP contribution >= 0.6 is 0 Å². The summed E-state index contributed by atoms with van der Waals surface area (Å²) < 4.78 is 54.6. The van der Waals surface area contributed by atoms with Crippen LogP contribution in [0.2, 0.25) is 0 Å². The molecule has 13 heteroatoms. The molecule has 0 saturated carbocycles. The Hall–Kier alpha value is -2.77.